The number of rotatable bonds is 6. The van der Waals surface area contributed by atoms with E-state index in [0.29, 0.717) is 19.6 Å². The van der Waals surface area contributed by atoms with Crippen molar-refractivity contribution in [2.24, 2.45) is 0 Å². The van der Waals surface area contributed by atoms with Crippen molar-refractivity contribution in [3.8, 4) is 0 Å². The molecule has 0 bridgehead atoms. The van der Waals surface area contributed by atoms with Gasteiger partial charge in [0, 0.05) is 20.3 Å². The summed E-state index contributed by atoms with van der Waals surface area (Å²) in [7, 11) is 1.65. The molecule has 1 N–H and O–H groups in total. The first kappa shape index (κ1) is 9.88. The molecule has 0 radical (unpaired) electrons. The van der Waals surface area contributed by atoms with Crippen LogP contribution in [-0.2, 0) is 9.47 Å². The van der Waals surface area contributed by atoms with E-state index in [2.05, 4.69) is 0 Å². The summed E-state index contributed by atoms with van der Waals surface area (Å²) in [5, 5.41) is 8.38. The van der Waals surface area contributed by atoms with E-state index in [-0.39, 0.29) is 12.7 Å². The third-order valence-electron chi connectivity index (χ3n) is 1.20. The number of aliphatic hydroxyl groups is 1. The third-order valence-corrected chi connectivity index (χ3v) is 1.20. The van der Waals surface area contributed by atoms with Gasteiger partial charge in [0.2, 0.25) is 0 Å². The third kappa shape index (κ3) is 6.01. The van der Waals surface area contributed by atoms with E-state index in [1.54, 1.807) is 7.11 Å². The van der Waals surface area contributed by atoms with E-state index in [0.717, 1.165) is 0 Å². The van der Waals surface area contributed by atoms with Crippen LogP contribution >= 0.6 is 0 Å². The minimum absolute atomic E-state index is 0.152. The van der Waals surface area contributed by atoms with Gasteiger partial charge in [0.05, 0.1) is 12.7 Å². The molecule has 0 heterocycles. The highest BCUT2D eigenvalue weighted by atomic mass is 16.5. The SMILES string of the molecule is COC(C)COCCCO. The lowest BCUT2D eigenvalue weighted by Crippen LogP contribution is -2.14. The van der Waals surface area contributed by atoms with Gasteiger partial charge in [-0.25, -0.2) is 0 Å². The van der Waals surface area contributed by atoms with E-state index in [4.69, 9.17) is 14.6 Å². The molecule has 0 aromatic rings. The Morgan fingerprint density at radius 2 is 2.20 bits per heavy atom. The van der Waals surface area contributed by atoms with Crippen LogP contribution in [0, 0.1) is 0 Å². The van der Waals surface area contributed by atoms with Gasteiger partial charge in [-0.15, -0.1) is 0 Å². The van der Waals surface area contributed by atoms with Crippen molar-refractivity contribution in [3.63, 3.8) is 0 Å². The summed E-state index contributed by atoms with van der Waals surface area (Å²) >= 11 is 0. The highest BCUT2D eigenvalue weighted by Gasteiger charge is 1.96. The van der Waals surface area contributed by atoms with Crippen LogP contribution in [-0.4, -0.2) is 38.1 Å². The molecule has 1 atom stereocenters. The molecule has 0 rings (SSSR count). The molecule has 0 spiro atoms. The zero-order valence-electron chi connectivity index (χ0n) is 6.67. The minimum atomic E-state index is 0.152. The van der Waals surface area contributed by atoms with Crippen molar-refractivity contribution in [2.45, 2.75) is 19.4 Å². The Morgan fingerprint density at radius 3 is 2.70 bits per heavy atom. The summed E-state index contributed by atoms with van der Waals surface area (Å²) in [6.07, 6.45) is 0.856. The maximum atomic E-state index is 8.38. The van der Waals surface area contributed by atoms with Crippen molar-refractivity contribution < 1.29 is 14.6 Å². The number of methoxy groups -OCH3 is 1. The molecule has 62 valence electrons. The molecular weight excluding hydrogens is 132 g/mol. The van der Waals surface area contributed by atoms with Gasteiger partial charge in [-0.2, -0.15) is 0 Å². The van der Waals surface area contributed by atoms with Crippen LogP contribution in [0.3, 0.4) is 0 Å². The lowest BCUT2D eigenvalue weighted by Gasteiger charge is -2.08. The number of hydrogen-bond donors (Lipinski definition) is 1. The first-order valence-electron chi connectivity index (χ1n) is 3.52. The number of aliphatic hydroxyl groups excluding tert-OH is 1. The molecule has 0 fully saturated rings. The Kier molecular flexibility index (Phi) is 6.91. The monoisotopic (exact) mass is 148 g/mol. The van der Waals surface area contributed by atoms with E-state index in [1.165, 1.54) is 0 Å². The molecule has 0 saturated heterocycles. The summed E-state index contributed by atoms with van der Waals surface area (Å²) in [4.78, 5) is 0. The highest BCUT2D eigenvalue weighted by Crippen LogP contribution is 1.89. The van der Waals surface area contributed by atoms with Crippen LogP contribution in [0.5, 0.6) is 0 Å². The Labute approximate surface area is 62.0 Å². The van der Waals surface area contributed by atoms with Crippen LogP contribution in [0.1, 0.15) is 13.3 Å². The topological polar surface area (TPSA) is 38.7 Å². The van der Waals surface area contributed by atoms with Crippen molar-refractivity contribution in [2.75, 3.05) is 26.9 Å². The van der Waals surface area contributed by atoms with E-state index >= 15 is 0 Å². The Balaban J connectivity index is 2.89. The average Bonchev–Trinajstić information content (AvgIpc) is 1.98. The zero-order valence-corrected chi connectivity index (χ0v) is 6.67. The lowest BCUT2D eigenvalue weighted by molar-refractivity contribution is 0.0146. The van der Waals surface area contributed by atoms with Gasteiger partial charge >= 0.3 is 0 Å². The molecule has 3 heteroatoms. The van der Waals surface area contributed by atoms with Crippen molar-refractivity contribution in [1.82, 2.24) is 0 Å². The summed E-state index contributed by atoms with van der Waals surface area (Å²) < 4.78 is 10.1. The molecule has 0 aliphatic rings. The van der Waals surface area contributed by atoms with Crippen molar-refractivity contribution in [1.29, 1.82) is 0 Å². The minimum Gasteiger partial charge on any atom is -0.396 e. The molecular formula is C7H16O3. The molecule has 3 nitrogen and oxygen atoms in total. The quantitative estimate of drug-likeness (QED) is 0.555. The second kappa shape index (κ2) is 6.99. The predicted octanol–water partition coefficient (Wildman–Crippen LogP) is 0.420. The standard InChI is InChI=1S/C7H16O3/c1-7(9-2)6-10-5-3-4-8/h7-8H,3-6H2,1-2H3. The van der Waals surface area contributed by atoms with Gasteiger partial charge in [0.25, 0.3) is 0 Å². The molecule has 10 heavy (non-hydrogen) atoms. The maximum Gasteiger partial charge on any atom is 0.0776 e. The summed E-state index contributed by atoms with van der Waals surface area (Å²) in [6.45, 7) is 3.36. The van der Waals surface area contributed by atoms with Crippen molar-refractivity contribution >= 4 is 0 Å². The second-order valence-electron chi connectivity index (χ2n) is 2.20. The number of hydrogen-bond acceptors (Lipinski definition) is 3. The fraction of sp³-hybridized carbons (Fsp3) is 1.00. The van der Waals surface area contributed by atoms with Gasteiger partial charge in [0.15, 0.2) is 0 Å². The zero-order chi connectivity index (χ0) is 7.82. The van der Waals surface area contributed by atoms with E-state index in [1.807, 2.05) is 6.92 Å². The molecule has 1 unspecified atom stereocenters. The summed E-state index contributed by atoms with van der Waals surface area (Å²) in [5.74, 6) is 0. The summed E-state index contributed by atoms with van der Waals surface area (Å²) in [6, 6.07) is 0. The summed E-state index contributed by atoms with van der Waals surface area (Å²) in [5.41, 5.74) is 0. The molecule has 0 aliphatic heterocycles. The van der Waals surface area contributed by atoms with Gasteiger partial charge < -0.3 is 14.6 Å². The predicted molar refractivity (Wildman–Crippen MR) is 39.0 cm³/mol. The second-order valence-corrected chi connectivity index (χ2v) is 2.20. The van der Waals surface area contributed by atoms with Crippen LogP contribution in [0.2, 0.25) is 0 Å². The Morgan fingerprint density at radius 1 is 1.50 bits per heavy atom. The maximum absolute atomic E-state index is 8.38. The van der Waals surface area contributed by atoms with E-state index in [9.17, 15) is 0 Å². The molecule has 0 amide bonds. The largest absolute Gasteiger partial charge is 0.396 e. The fourth-order valence-corrected chi connectivity index (χ4v) is 0.484. The molecule has 0 aromatic heterocycles. The molecule has 0 aliphatic carbocycles. The van der Waals surface area contributed by atoms with Gasteiger partial charge in [-0.1, -0.05) is 0 Å². The first-order chi connectivity index (χ1) is 4.81. The van der Waals surface area contributed by atoms with Crippen LogP contribution in [0.25, 0.3) is 0 Å². The van der Waals surface area contributed by atoms with Gasteiger partial charge in [0.1, 0.15) is 0 Å². The van der Waals surface area contributed by atoms with Gasteiger partial charge in [-0.05, 0) is 13.3 Å². The fourth-order valence-electron chi connectivity index (χ4n) is 0.484. The normalized spacial score (nSPS) is 13.5. The molecule has 0 saturated carbocycles. The van der Waals surface area contributed by atoms with Crippen LogP contribution in [0.4, 0.5) is 0 Å². The highest BCUT2D eigenvalue weighted by molar-refractivity contribution is 4.44. The van der Waals surface area contributed by atoms with Crippen LogP contribution < -0.4 is 0 Å². The van der Waals surface area contributed by atoms with Gasteiger partial charge in [-0.3, -0.25) is 0 Å². The van der Waals surface area contributed by atoms with Crippen molar-refractivity contribution in [3.05, 3.63) is 0 Å². The Hall–Kier alpha value is -0.120. The number of ether oxygens (including phenoxy) is 2. The molecule has 0 aromatic carbocycles. The lowest BCUT2D eigenvalue weighted by atomic mass is 10.4. The Bertz CT molecular complexity index is 65.9. The van der Waals surface area contributed by atoms with Crippen LogP contribution in [0.15, 0.2) is 0 Å². The first-order valence-corrected chi connectivity index (χ1v) is 3.52. The van der Waals surface area contributed by atoms with E-state index < -0.39 is 0 Å². The smallest absolute Gasteiger partial charge is 0.0776 e. The average molecular weight is 148 g/mol.